The van der Waals surface area contributed by atoms with Crippen LogP contribution in [0.15, 0.2) is 5.70 Å². The number of benzene rings is 1. The van der Waals surface area contributed by atoms with Crippen molar-refractivity contribution in [3.8, 4) is 0 Å². The molecule has 0 saturated heterocycles. The van der Waals surface area contributed by atoms with Gasteiger partial charge in [0.2, 0.25) is 11.5 Å². The van der Waals surface area contributed by atoms with E-state index in [1.165, 1.54) is 13.8 Å². The second-order valence-corrected chi connectivity index (χ2v) is 3.96. The fourth-order valence-electron chi connectivity index (χ4n) is 1.33. The van der Waals surface area contributed by atoms with Crippen LogP contribution in [-0.2, 0) is 0 Å². The van der Waals surface area contributed by atoms with Crippen molar-refractivity contribution < 1.29 is 26.9 Å². The van der Waals surface area contributed by atoms with Crippen molar-refractivity contribution in [2.24, 2.45) is 5.92 Å². The third kappa shape index (κ3) is 2.72. The van der Waals surface area contributed by atoms with Crippen molar-refractivity contribution in [1.29, 1.82) is 0 Å². The highest BCUT2D eigenvalue weighted by molar-refractivity contribution is 5.53. The van der Waals surface area contributed by atoms with Crippen LogP contribution >= 0.6 is 0 Å². The lowest BCUT2D eigenvalue weighted by atomic mass is 10.1. The van der Waals surface area contributed by atoms with Gasteiger partial charge in [-0.15, -0.1) is 0 Å². The first kappa shape index (κ1) is 15.1. The van der Waals surface area contributed by atoms with E-state index in [1.54, 1.807) is 0 Å². The van der Waals surface area contributed by atoms with E-state index in [-0.39, 0.29) is 0 Å². The van der Waals surface area contributed by atoms with Crippen LogP contribution in [0.1, 0.15) is 19.4 Å². The topological polar surface area (TPSA) is 43.1 Å². The van der Waals surface area contributed by atoms with E-state index in [4.69, 9.17) is 0 Å². The van der Waals surface area contributed by atoms with Crippen molar-refractivity contribution in [2.45, 2.75) is 13.8 Å². The van der Waals surface area contributed by atoms with Crippen molar-refractivity contribution in [2.75, 3.05) is 0 Å². The summed E-state index contributed by atoms with van der Waals surface area (Å²) in [6, 6.07) is 0. The number of nitro groups is 1. The summed E-state index contributed by atoms with van der Waals surface area (Å²) < 4.78 is 65.2. The van der Waals surface area contributed by atoms with E-state index in [9.17, 15) is 32.1 Å². The molecular weight excluding hydrogens is 273 g/mol. The molecule has 104 valence electrons. The Morgan fingerprint density at radius 3 is 1.68 bits per heavy atom. The predicted molar refractivity (Wildman–Crippen MR) is 56.0 cm³/mol. The number of nitrogens with zero attached hydrogens (tertiary/aromatic N) is 1. The Labute approximate surface area is 104 Å². The first-order chi connectivity index (χ1) is 8.68. The minimum Gasteiger partial charge on any atom is -0.259 e. The molecule has 3 nitrogen and oxygen atoms in total. The maximum Gasteiger partial charge on any atom is 0.249 e. The molecule has 0 spiro atoms. The van der Waals surface area contributed by atoms with Crippen molar-refractivity contribution in [3.63, 3.8) is 0 Å². The van der Waals surface area contributed by atoms with Gasteiger partial charge < -0.3 is 0 Å². The molecule has 8 heteroatoms. The summed E-state index contributed by atoms with van der Waals surface area (Å²) in [7, 11) is 0. The smallest absolute Gasteiger partial charge is 0.249 e. The SMILES string of the molecule is CC(C)C(=Cc1c(F)c(F)c(F)c(F)c1F)[N+](=O)[O-]. The zero-order valence-electron chi connectivity index (χ0n) is 9.81. The van der Waals surface area contributed by atoms with Gasteiger partial charge in [0.25, 0.3) is 0 Å². The Balaban J connectivity index is 3.61. The van der Waals surface area contributed by atoms with Crippen molar-refractivity contribution in [3.05, 3.63) is 50.5 Å². The van der Waals surface area contributed by atoms with Crippen LogP contribution in [0, 0.1) is 45.1 Å². The highest BCUT2D eigenvalue weighted by Gasteiger charge is 2.27. The zero-order chi connectivity index (χ0) is 14.9. The summed E-state index contributed by atoms with van der Waals surface area (Å²) in [5, 5.41) is 10.6. The van der Waals surface area contributed by atoms with Crippen LogP contribution in [0.5, 0.6) is 0 Å². The second kappa shape index (κ2) is 5.33. The number of halogens is 5. The molecule has 0 bridgehead atoms. The molecule has 0 heterocycles. The number of rotatable bonds is 3. The van der Waals surface area contributed by atoms with E-state index in [2.05, 4.69) is 0 Å². The normalized spacial score (nSPS) is 12.1. The molecule has 0 unspecified atom stereocenters. The van der Waals surface area contributed by atoms with Crippen LogP contribution < -0.4 is 0 Å². The van der Waals surface area contributed by atoms with Gasteiger partial charge >= 0.3 is 0 Å². The molecule has 0 aromatic heterocycles. The molecule has 0 radical (unpaired) electrons. The van der Waals surface area contributed by atoms with Gasteiger partial charge in [-0.05, 0) is 0 Å². The molecule has 0 fully saturated rings. The number of allylic oxidation sites excluding steroid dienone is 1. The first-order valence-corrected chi connectivity index (χ1v) is 5.05. The van der Waals surface area contributed by atoms with E-state index in [0.29, 0.717) is 6.08 Å². The van der Waals surface area contributed by atoms with E-state index >= 15 is 0 Å². The summed E-state index contributed by atoms with van der Waals surface area (Å²) in [6.45, 7) is 2.70. The Morgan fingerprint density at radius 1 is 1.00 bits per heavy atom. The van der Waals surface area contributed by atoms with Crippen molar-refractivity contribution >= 4 is 6.08 Å². The number of hydrogen-bond donors (Lipinski definition) is 0. The van der Waals surface area contributed by atoms with Gasteiger partial charge in [-0.2, -0.15) is 0 Å². The Bertz CT molecular complexity index is 540. The van der Waals surface area contributed by atoms with Crippen LogP contribution in [0.25, 0.3) is 6.08 Å². The first-order valence-electron chi connectivity index (χ1n) is 5.05. The van der Waals surface area contributed by atoms with Crippen LogP contribution in [0.4, 0.5) is 22.0 Å². The van der Waals surface area contributed by atoms with Gasteiger partial charge in [-0.1, -0.05) is 13.8 Å². The molecule has 1 rings (SSSR count). The molecule has 0 aliphatic rings. The standard InChI is InChI=1S/C11H8F5NO2/c1-4(2)6(17(18)19)3-5-7(12)9(14)11(16)10(15)8(5)13/h3-4H,1-2H3. The molecule has 0 aliphatic carbocycles. The third-order valence-electron chi connectivity index (χ3n) is 2.34. The molecule has 1 aromatic carbocycles. The van der Waals surface area contributed by atoms with Gasteiger partial charge in [-0.25, -0.2) is 22.0 Å². The summed E-state index contributed by atoms with van der Waals surface area (Å²) in [5.74, 6) is -11.6. The quantitative estimate of drug-likeness (QED) is 0.279. The Morgan fingerprint density at radius 2 is 1.37 bits per heavy atom. The fourth-order valence-corrected chi connectivity index (χ4v) is 1.33. The largest absolute Gasteiger partial charge is 0.259 e. The Hall–Kier alpha value is -1.99. The second-order valence-electron chi connectivity index (χ2n) is 3.96. The highest BCUT2D eigenvalue weighted by atomic mass is 19.2. The summed E-state index contributed by atoms with van der Waals surface area (Å²) >= 11 is 0. The fraction of sp³-hybridized carbons (Fsp3) is 0.273. The maximum absolute atomic E-state index is 13.3. The van der Waals surface area contributed by atoms with Gasteiger partial charge in [0.1, 0.15) is 0 Å². The molecule has 0 amide bonds. The molecule has 0 N–H and O–H groups in total. The van der Waals surface area contributed by atoms with Gasteiger partial charge in [0.15, 0.2) is 23.3 Å². The Kier molecular flexibility index (Phi) is 4.23. The predicted octanol–water partition coefficient (Wildman–Crippen LogP) is 3.66. The minimum atomic E-state index is -2.31. The average Bonchev–Trinajstić information content (AvgIpc) is 2.33. The molecule has 19 heavy (non-hydrogen) atoms. The monoisotopic (exact) mass is 281 g/mol. The molecule has 0 atom stereocenters. The van der Waals surface area contributed by atoms with Crippen LogP contribution in [0.2, 0.25) is 0 Å². The number of hydrogen-bond acceptors (Lipinski definition) is 2. The van der Waals surface area contributed by atoms with Gasteiger partial charge in [-0.3, -0.25) is 10.1 Å². The zero-order valence-corrected chi connectivity index (χ0v) is 9.81. The van der Waals surface area contributed by atoms with Gasteiger partial charge in [0.05, 0.1) is 10.5 Å². The highest BCUT2D eigenvalue weighted by Crippen LogP contribution is 2.26. The van der Waals surface area contributed by atoms with Gasteiger partial charge in [0, 0.05) is 12.0 Å². The summed E-state index contributed by atoms with van der Waals surface area (Å²) in [6.07, 6.45) is 0.348. The minimum absolute atomic E-state index is 0.348. The maximum atomic E-state index is 13.3. The third-order valence-corrected chi connectivity index (χ3v) is 2.34. The summed E-state index contributed by atoms with van der Waals surface area (Å²) in [4.78, 5) is 9.69. The average molecular weight is 281 g/mol. The molecular formula is C11H8F5NO2. The van der Waals surface area contributed by atoms with E-state index < -0.39 is 51.2 Å². The van der Waals surface area contributed by atoms with E-state index in [1.807, 2.05) is 0 Å². The van der Waals surface area contributed by atoms with Crippen LogP contribution in [0.3, 0.4) is 0 Å². The lowest BCUT2D eigenvalue weighted by Gasteiger charge is -2.06. The lowest BCUT2D eigenvalue weighted by molar-refractivity contribution is -0.431. The molecule has 1 aromatic rings. The van der Waals surface area contributed by atoms with Crippen molar-refractivity contribution in [1.82, 2.24) is 0 Å². The van der Waals surface area contributed by atoms with Crippen LogP contribution in [-0.4, -0.2) is 4.92 Å². The molecule has 0 saturated carbocycles. The lowest BCUT2D eigenvalue weighted by Crippen LogP contribution is -2.09. The summed E-state index contributed by atoms with van der Waals surface area (Å²) in [5.41, 5.74) is -1.99. The van der Waals surface area contributed by atoms with E-state index in [0.717, 1.165) is 0 Å². The molecule has 0 aliphatic heterocycles.